The highest BCUT2D eigenvalue weighted by Crippen LogP contribution is 2.31. The number of fused-ring (bicyclic) bond motifs is 3. The van der Waals surface area contributed by atoms with Crippen molar-refractivity contribution >= 4 is 39.9 Å². The predicted molar refractivity (Wildman–Crippen MR) is 84.0 cm³/mol. The largest absolute Gasteiger partial charge is 0.461 e. The third-order valence-corrected chi connectivity index (χ3v) is 3.57. The number of aromatic nitrogens is 2. The number of nitrogens with zero attached hydrogens (tertiary/aromatic N) is 1. The number of carbonyl (C=O) groups is 2. The highest BCUT2D eigenvalue weighted by molar-refractivity contribution is 6.12. The first-order chi connectivity index (χ1) is 10.7. The summed E-state index contributed by atoms with van der Waals surface area (Å²) in [6.07, 6.45) is 2.26. The molecular weight excluding hydrogens is 282 g/mol. The number of carbonyl (C=O) groups excluding carboxylic acids is 2. The number of hydrogen-bond donors (Lipinski definition) is 2. The minimum atomic E-state index is -0.432. The zero-order valence-corrected chi connectivity index (χ0v) is 12.3. The molecule has 112 valence electrons. The standard InChI is InChI=1S/C16H15N3O3/c1-3-22-16(21)15-9(2)14-11-6-10(18-8-20)4-5-12(11)19-13(14)7-17-15/h4-8,19H,3H2,1-2H3,(H,18,20). The van der Waals surface area contributed by atoms with Crippen molar-refractivity contribution in [2.45, 2.75) is 13.8 Å². The number of amides is 1. The van der Waals surface area contributed by atoms with Crippen LogP contribution in [0.25, 0.3) is 21.8 Å². The zero-order chi connectivity index (χ0) is 15.7. The van der Waals surface area contributed by atoms with Crippen LogP contribution in [0.15, 0.2) is 24.4 Å². The summed E-state index contributed by atoms with van der Waals surface area (Å²) in [7, 11) is 0. The van der Waals surface area contributed by atoms with E-state index in [1.807, 2.05) is 19.1 Å². The first-order valence-corrected chi connectivity index (χ1v) is 6.94. The molecule has 22 heavy (non-hydrogen) atoms. The third-order valence-electron chi connectivity index (χ3n) is 3.57. The number of H-pyrrole nitrogens is 1. The topological polar surface area (TPSA) is 84.1 Å². The van der Waals surface area contributed by atoms with Crippen LogP contribution in [0.3, 0.4) is 0 Å². The van der Waals surface area contributed by atoms with Gasteiger partial charge in [-0.25, -0.2) is 9.78 Å². The fourth-order valence-corrected chi connectivity index (χ4v) is 2.62. The molecule has 0 aliphatic carbocycles. The second kappa shape index (κ2) is 5.48. The van der Waals surface area contributed by atoms with Crippen LogP contribution in [-0.2, 0) is 9.53 Å². The maximum Gasteiger partial charge on any atom is 0.357 e. The first-order valence-electron chi connectivity index (χ1n) is 6.94. The molecule has 0 aliphatic rings. The van der Waals surface area contributed by atoms with Crippen LogP contribution in [0.4, 0.5) is 5.69 Å². The molecule has 0 saturated carbocycles. The zero-order valence-electron chi connectivity index (χ0n) is 12.3. The molecule has 1 aromatic carbocycles. The van der Waals surface area contributed by atoms with E-state index >= 15 is 0 Å². The quantitative estimate of drug-likeness (QED) is 0.573. The molecule has 6 nitrogen and oxygen atoms in total. The summed E-state index contributed by atoms with van der Waals surface area (Å²) in [4.78, 5) is 30.0. The molecule has 2 heterocycles. The lowest BCUT2D eigenvalue weighted by Gasteiger charge is -2.06. The SMILES string of the molecule is CCOC(=O)c1ncc2[nH]c3ccc(NC=O)cc3c2c1C. The van der Waals surface area contributed by atoms with Gasteiger partial charge in [0.2, 0.25) is 6.41 Å². The van der Waals surface area contributed by atoms with Crippen molar-refractivity contribution in [3.63, 3.8) is 0 Å². The van der Waals surface area contributed by atoms with Gasteiger partial charge in [0.05, 0.1) is 18.3 Å². The van der Waals surface area contributed by atoms with E-state index in [9.17, 15) is 9.59 Å². The van der Waals surface area contributed by atoms with E-state index in [4.69, 9.17) is 4.74 Å². The van der Waals surface area contributed by atoms with Crippen molar-refractivity contribution in [2.24, 2.45) is 0 Å². The molecule has 2 aromatic heterocycles. The van der Waals surface area contributed by atoms with Crippen molar-refractivity contribution in [1.29, 1.82) is 0 Å². The van der Waals surface area contributed by atoms with Crippen molar-refractivity contribution in [2.75, 3.05) is 11.9 Å². The van der Waals surface area contributed by atoms with Crippen molar-refractivity contribution < 1.29 is 14.3 Å². The Morgan fingerprint density at radius 2 is 2.23 bits per heavy atom. The average molecular weight is 297 g/mol. The Kier molecular flexibility index (Phi) is 3.50. The summed E-state index contributed by atoms with van der Waals surface area (Å²) in [5, 5.41) is 4.46. The molecule has 2 N–H and O–H groups in total. The lowest BCUT2D eigenvalue weighted by atomic mass is 10.1. The number of benzene rings is 1. The van der Waals surface area contributed by atoms with Gasteiger partial charge in [0.25, 0.3) is 0 Å². The summed E-state index contributed by atoms with van der Waals surface area (Å²) in [5.74, 6) is -0.432. The van der Waals surface area contributed by atoms with Crippen molar-refractivity contribution in [3.05, 3.63) is 35.7 Å². The minimum absolute atomic E-state index is 0.305. The molecule has 0 radical (unpaired) electrons. The summed E-state index contributed by atoms with van der Waals surface area (Å²) in [5.41, 5.74) is 3.51. The van der Waals surface area contributed by atoms with Crippen LogP contribution in [0.5, 0.6) is 0 Å². The number of aromatic amines is 1. The van der Waals surface area contributed by atoms with E-state index in [1.54, 1.807) is 19.2 Å². The van der Waals surface area contributed by atoms with E-state index < -0.39 is 5.97 Å². The van der Waals surface area contributed by atoms with Crippen molar-refractivity contribution in [1.82, 2.24) is 9.97 Å². The summed E-state index contributed by atoms with van der Waals surface area (Å²) >= 11 is 0. The van der Waals surface area contributed by atoms with E-state index in [0.717, 1.165) is 27.4 Å². The van der Waals surface area contributed by atoms with E-state index in [0.29, 0.717) is 24.4 Å². The molecule has 3 rings (SSSR count). The molecule has 0 unspecified atom stereocenters. The number of aryl methyl sites for hydroxylation is 1. The molecule has 6 heteroatoms. The molecular formula is C16H15N3O3. The number of esters is 1. The molecule has 0 saturated heterocycles. The summed E-state index contributed by atoms with van der Waals surface area (Å²) in [6.45, 7) is 3.91. The number of rotatable bonds is 4. The normalized spacial score (nSPS) is 10.8. The number of hydrogen-bond acceptors (Lipinski definition) is 4. The van der Waals surface area contributed by atoms with Crippen LogP contribution >= 0.6 is 0 Å². The lowest BCUT2D eigenvalue weighted by molar-refractivity contribution is -0.105. The highest BCUT2D eigenvalue weighted by atomic mass is 16.5. The monoisotopic (exact) mass is 297 g/mol. The van der Waals surface area contributed by atoms with Crippen LogP contribution < -0.4 is 5.32 Å². The van der Waals surface area contributed by atoms with E-state index in [1.165, 1.54) is 0 Å². The fraction of sp³-hybridized carbons (Fsp3) is 0.188. The lowest BCUT2D eigenvalue weighted by Crippen LogP contribution is -2.09. The Labute approximate surface area is 126 Å². The van der Waals surface area contributed by atoms with Crippen LogP contribution in [-0.4, -0.2) is 29.0 Å². The van der Waals surface area contributed by atoms with Crippen LogP contribution in [0, 0.1) is 6.92 Å². The van der Waals surface area contributed by atoms with Gasteiger partial charge in [-0.3, -0.25) is 4.79 Å². The molecule has 0 atom stereocenters. The number of nitrogens with one attached hydrogen (secondary N) is 2. The smallest absolute Gasteiger partial charge is 0.357 e. The first kappa shape index (κ1) is 14.1. The number of ether oxygens (including phenoxy) is 1. The van der Waals surface area contributed by atoms with Gasteiger partial charge in [-0.15, -0.1) is 0 Å². The van der Waals surface area contributed by atoms with Gasteiger partial charge in [-0.05, 0) is 37.6 Å². The maximum absolute atomic E-state index is 12.0. The molecule has 0 spiro atoms. The van der Waals surface area contributed by atoms with Gasteiger partial charge in [0.1, 0.15) is 0 Å². The number of pyridine rings is 1. The van der Waals surface area contributed by atoms with Gasteiger partial charge < -0.3 is 15.0 Å². The van der Waals surface area contributed by atoms with Crippen LogP contribution in [0.1, 0.15) is 23.0 Å². The molecule has 0 bridgehead atoms. The Bertz CT molecular complexity index is 883. The van der Waals surface area contributed by atoms with Crippen LogP contribution in [0.2, 0.25) is 0 Å². The molecule has 1 amide bonds. The highest BCUT2D eigenvalue weighted by Gasteiger charge is 2.17. The minimum Gasteiger partial charge on any atom is -0.461 e. The van der Waals surface area contributed by atoms with Crippen molar-refractivity contribution in [3.8, 4) is 0 Å². The fourth-order valence-electron chi connectivity index (χ4n) is 2.62. The van der Waals surface area contributed by atoms with E-state index in [-0.39, 0.29) is 0 Å². The Morgan fingerprint density at radius 3 is 2.95 bits per heavy atom. The van der Waals surface area contributed by atoms with Gasteiger partial charge in [0, 0.05) is 22.0 Å². The third kappa shape index (κ3) is 2.18. The van der Waals surface area contributed by atoms with Gasteiger partial charge in [-0.1, -0.05) is 0 Å². The van der Waals surface area contributed by atoms with Gasteiger partial charge in [-0.2, -0.15) is 0 Å². The predicted octanol–water partition coefficient (Wildman–Crippen LogP) is 2.77. The Balaban J connectivity index is 2.26. The average Bonchev–Trinajstić information content (AvgIpc) is 2.86. The second-order valence-corrected chi connectivity index (χ2v) is 4.89. The Hall–Kier alpha value is -2.89. The van der Waals surface area contributed by atoms with E-state index in [2.05, 4.69) is 15.3 Å². The second-order valence-electron chi connectivity index (χ2n) is 4.89. The Morgan fingerprint density at radius 1 is 1.41 bits per heavy atom. The molecule has 3 aromatic rings. The molecule has 0 aliphatic heterocycles. The van der Waals surface area contributed by atoms with Gasteiger partial charge in [0.15, 0.2) is 5.69 Å². The number of anilines is 1. The maximum atomic E-state index is 12.0. The van der Waals surface area contributed by atoms with Gasteiger partial charge >= 0.3 is 5.97 Å². The molecule has 0 fully saturated rings. The summed E-state index contributed by atoms with van der Waals surface area (Å²) in [6, 6.07) is 5.55. The summed E-state index contributed by atoms with van der Waals surface area (Å²) < 4.78 is 5.04.